The molecule has 220 valence electrons. The lowest BCUT2D eigenvalue weighted by Crippen LogP contribution is -2.34. The first kappa shape index (κ1) is 29.8. The minimum atomic E-state index is -4.38. The van der Waals surface area contributed by atoms with Crippen molar-refractivity contribution < 1.29 is 18.0 Å². The van der Waals surface area contributed by atoms with Gasteiger partial charge in [0.25, 0.3) is 0 Å². The highest BCUT2D eigenvalue weighted by atomic mass is 19.4. The van der Waals surface area contributed by atoms with Gasteiger partial charge in [-0.15, -0.1) is 0 Å². The highest BCUT2D eigenvalue weighted by Gasteiger charge is 2.30. The number of alkyl halides is 3. The molecule has 1 saturated heterocycles. The van der Waals surface area contributed by atoms with Crippen molar-refractivity contribution in [2.24, 2.45) is 5.92 Å². The van der Waals surface area contributed by atoms with Crippen molar-refractivity contribution in [3.05, 3.63) is 114 Å². The second-order valence-corrected chi connectivity index (χ2v) is 12.1. The predicted molar refractivity (Wildman–Crippen MR) is 163 cm³/mol. The van der Waals surface area contributed by atoms with Crippen molar-refractivity contribution >= 4 is 5.78 Å². The minimum absolute atomic E-state index is 0.118. The molecule has 0 N–H and O–H groups in total. The number of rotatable bonds is 9. The second-order valence-electron chi connectivity index (χ2n) is 12.1. The van der Waals surface area contributed by atoms with Crippen LogP contribution in [0.5, 0.6) is 0 Å². The van der Waals surface area contributed by atoms with Gasteiger partial charge in [0.15, 0.2) is 0 Å². The SMILES string of the molecule is CC(=O)C(CC(C)C)c1cc(-c2ccc(C(F)(F)F)cc2)cc(C2CCCN(Cc3ccc(-n4cccc4)cc3)C2)c1. The van der Waals surface area contributed by atoms with E-state index in [1.807, 2.05) is 30.6 Å². The third-order valence-electron chi connectivity index (χ3n) is 8.35. The van der Waals surface area contributed by atoms with Crippen LogP contribution < -0.4 is 0 Å². The average Bonchev–Trinajstić information content (AvgIpc) is 3.51. The van der Waals surface area contributed by atoms with Gasteiger partial charge in [-0.1, -0.05) is 56.3 Å². The van der Waals surface area contributed by atoms with Crippen molar-refractivity contribution in [2.75, 3.05) is 13.1 Å². The number of nitrogens with zero attached hydrogens (tertiary/aromatic N) is 2. The van der Waals surface area contributed by atoms with Crippen LogP contribution in [0.15, 0.2) is 91.3 Å². The Morgan fingerprint density at radius 3 is 2.24 bits per heavy atom. The summed E-state index contributed by atoms with van der Waals surface area (Å²) in [5.74, 6) is 0.494. The van der Waals surface area contributed by atoms with Crippen molar-refractivity contribution in [3.8, 4) is 16.8 Å². The van der Waals surface area contributed by atoms with Crippen LogP contribution in [0.2, 0.25) is 0 Å². The van der Waals surface area contributed by atoms with E-state index in [0.717, 1.165) is 79.0 Å². The molecular formula is C36H39F3N2O. The topological polar surface area (TPSA) is 25.2 Å². The lowest BCUT2D eigenvalue weighted by molar-refractivity contribution is -0.137. The lowest BCUT2D eigenvalue weighted by atomic mass is 9.82. The maximum absolute atomic E-state index is 13.2. The van der Waals surface area contributed by atoms with Crippen molar-refractivity contribution in [1.29, 1.82) is 0 Å². The Morgan fingerprint density at radius 2 is 1.62 bits per heavy atom. The Balaban J connectivity index is 1.42. The molecule has 4 aromatic rings. The number of halogens is 3. The summed E-state index contributed by atoms with van der Waals surface area (Å²) in [5, 5.41) is 0. The van der Waals surface area contributed by atoms with Crippen LogP contribution in [-0.4, -0.2) is 28.3 Å². The molecule has 3 nitrogen and oxygen atoms in total. The first-order valence-corrected chi connectivity index (χ1v) is 14.8. The van der Waals surface area contributed by atoms with Gasteiger partial charge in [0, 0.05) is 37.1 Å². The van der Waals surface area contributed by atoms with Gasteiger partial charge in [0.05, 0.1) is 5.56 Å². The highest BCUT2D eigenvalue weighted by molar-refractivity contribution is 5.84. The van der Waals surface area contributed by atoms with Crippen LogP contribution in [0.25, 0.3) is 16.8 Å². The fourth-order valence-electron chi connectivity index (χ4n) is 6.15. The van der Waals surface area contributed by atoms with E-state index in [-0.39, 0.29) is 17.6 Å². The standard InChI is InChI=1S/C36H39F3N2O/c1-25(2)19-35(26(3)42)32-21-30(28-10-12-33(13-11-28)36(37,38)39)20-31(22-32)29-7-6-16-40(24-29)23-27-8-14-34(15-9-27)41-17-4-5-18-41/h4-5,8-15,17-18,20-22,25,29,35H,6-7,16,19,23-24H2,1-3H3. The van der Waals surface area contributed by atoms with Crippen LogP contribution in [-0.2, 0) is 17.5 Å². The van der Waals surface area contributed by atoms with Gasteiger partial charge in [0.1, 0.15) is 5.78 Å². The summed E-state index contributed by atoms with van der Waals surface area (Å²) in [4.78, 5) is 15.3. The number of likely N-dealkylation sites (tertiary alicyclic amines) is 1. The highest BCUT2D eigenvalue weighted by Crippen LogP contribution is 2.37. The third kappa shape index (κ3) is 7.22. The number of Topliss-reactive ketones (excluding diaryl/α,β-unsaturated/α-hetero) is 1. The Labute approximate surface area is 247 Å². The molecule has 0 bridgehead atoms. The molecule has 0 radical (unpaired) electrons. The van der Waals surface area contributed by atoms with Crippen molar-refractivity contribution in [3.63, 3.8) is 0 Å². The third-order valence-corrected chi connectivity index (χ3v) is 8.35. The fraction of sp³-hybridized carbons (Fsp3) is 0.361. The van der Waals surface area contributed by atoms with Gasteiger partial charge in [-0.25, -0.2) is 0 Å². The van der Waals surface area contributed by atoms with Gasteiger partial charge < -0.3 is 4.57 Å². The van der Waals surface area contributed by atoms with Gasteiger partial charge in [-0.05, 0) is 109 Å². The monoisotopic (exact) mass is 572 g/mol. The Kier molecular flexibility index (Phi) is 9.02. The summed E-state index contributed by atoms with van der Waals surface area (Å²) in [6, 6.07) is 24.4. The fourth-order valence-corrected chi connectivity index (χ4v) is 6.15. The number of hydrogen-bond acceptors (Lipinski definition) is 2. The molecule has 0 spiro atoms. The molecule has 1 aliphatic rings. The molecule has 2 unspecified atom stereocenters. The number of benzene rings is 3. The molecule has 3 aromatic carbocycles. The molecular weight excluding hydrogens is 533 g/mol. The summed E-state index contributed by atoms with van der Waals surface area (Å²) in [5.41, 5.74) is 5.45. The van der Waals surface area contributed by atoms with E-state index in [9.17, 15) is 18.0 Å². The van der Waals surface area contributed by atoms with Crippen molar-refractivity contribution in [2.45, 2.75) is 64.6 Å². The molecule has 1 aliphatic heterocycles. The predicted octanol–water partition coefficient (Wildman–Crippen LogP) is 9.26. The minimum Gasteiger partial charge on any atom is -0.324 e. The number of carbonyl (C=O) groups is 1. The smallest absolute Gasteiger partial charge is 0.324 e. The van der Waals surface area contributed by atoms with Gasteiger partial charge in [-0.2, -0.15) is 13.2 Å². The Bertz CT molecular complexity index is 1470. The molecule has 6 heteroatoms. The van der Waals surface area contributed by atoms with Crippen molar-refractivity contribution in [1.82, 2.24) is 9.47 Å². The molecule has 0 saturated carbocycles. The number of aromatic nitrogens is 1. The molecule has 5 rings (SSSR count). The largest absolute Gasteiger partial charge is 0.416 e. The van der Waals surface area contributed by atoms with Crippen LogP contribution in [0, 0.1) is 5.92 Å². The van der Waals surface area contributed by atoms with Crippen LogP contribution in [0.3, 0.4) is 0 Å². The van der Waals surface area contributed by atoms with E-state index >= 15 is 0 Å². The molecule has 1 fully saturated rings. The number of ketones is 1. The summed E-state index contributed by atoms with van der Waals surface area (Å²) in [6.07, 6.45) is 2.53. The van der Waals surface area contributed by atoms with Crippen LogP contribution in [0.4, 0.5) is 13.2 Å². The number of piperidine rings is 1. The number of carbonyl (C=O) groups excluding carboxylic acids is 1. The van der Waals surface area contributed by atoms with Gasteiger partial charge >= 0.3 is 6.18 Å². The first-order valence-electron chi connectivity index (χ1n) is 14.8. The van der Waals surface area contributed by atoms with E-state index in [2.05, 4.69) is 59.7 Å². The van der Waals surface area contributed by atoms with E-state index in [4.69, 9.17) is 0 Å². The molecule has 42 heavy (non-hydrogen) atoms. The second kappa shape index (κ2) is 12.7. The Morgan fingerprint density at radius 1 is 0.929 bits per heavy atom. The van der Waals surface area contributed by atoms with Gasteiger partial charge in [0.2, 0.25) is 0 Å². The van der Waals surface area contributed by atoms with E-state index < -0.39 is 11.7 Å². The zero-order valence-electron chi connectivity index (χ0n) is 24.6. The molecule has 0 aliphatic carbocycles. The quantitative estimate of drug-likeness (QED) is 0.200. The van der Waals surface area contributed by atoms with E-state index in [1.54, 1.807) is 19.1 Å². The molecule has 2 atom stereocenters. The summed E-state index contributed by atoms with van der Waals surface area (Å²) < 4.78 is 41.8. The maximum atomic E-state index is 13.2. The molecule has 1 aromatic heterocycles. The first-order chi connectivity index (χ1) is 20.1. The average molecular weight is 573 g/mol. The zero-order chi connectivity index (χ0) is 29.9. The zero-order valence-corrected chi connectivity index (χ0v) is 24.6. The Hall–Kier alpha value is -3.64. The normalized spacial score (nSPS) is 17.0. The number of hydrogen-bond donors (Lipinski definition) is 0. The van der Waals surface area contributed by atoms with E-state index in [1.165, 1.54) is 5.56 Å². The van der Waals surface area contributed by atoms with E-state index in [0.29, 0.717) is 5.92 Å². The summed E-state index contributed by atoms with van der Waals surface area (Å²) in [6.45, 7) is 8.63. The lowest BCUT2D eigenvalue weighted by Gasteiger charge is -2.34. The van der Waals surface area contributed by atoms with Gasteiger partial charge in [-0.3, -0.25) is 9.69 Å². The van der Waals surface area contributed by atoms with Crippen LogP contribution in [0.1, 0.15) is 74.1 Å². The van der Waals surface area contributed by atoms with Crippen LogP contribution >= 0.6 is 0 Å². The molecule has 0 amide bonds. The molecule has 2 heterocycles. The summed E-state index contributed by atoms with van der Waals surface area (Å²) >= 11 is 0. The summed E-state index contributed by atoms with van der Waals surface area (Å²) in [7, 11) is 0. The maximum Gasteiger partial charge on any atom is 0.416 e.